The van der Waals surface area contributed by atoms with Gasteiger partial charge in [-0.3, -0.25) is 4.79 Å². The standard InChI is InChI=1S/C19H28FN3O4S/c1-27-17-11-15(10-16(20)12-17)19(24)21-13-14-4-7-23(8-5-14)9-6-22-28(25,26)18-2-3-18/h10-12,14,18,22H,2-9,13H2,1H3,(H,21,24). The number of methoxy groups -OCH3 is 1. The summed E-state index contributed by atoms with van der Waals surface area (Å²) in [5.41, 5.74) is 0.247. The molecule has 0 aromatic heterocycles. The van der Waals surface area contributed by atoms with Crippen LogP contribution in [-0.2, 0) is 10.0 Å². The maximum absolute atomic E-state index is 13.5. The van der Waals surface area contributed by atoms with Gasteiger partial charge in [-0.1, -0.05) is 0 Å². The molecule has 28 heavy (non-hydrogen) atoms. The number of carbonyl (C=O) groups excluding carboxylic acids is 1. The molecule has 0 radical (unpaired) electrons. The third-order valence-electron chi connectivity index (χ3n) is 5.32. The zero-order chi connectivity index (χ0) is 20.1. The molecule has 156 valence electrons. The first-order valence-electron chi connectivity index (χ1n) is 9.71. The molecule has 1 amide bonds. The molecule has 1 saturated carbocycles. The molecule has 7 nitrogen and oxygen atoms in total. The third kappa shape index (κ3) is 5.89. The second kappa shape index (κ2) is 9.19. The molecule has 0 bridgehead atoms. The fourth-order valence-electron chi connectivity index (χ4n) is 3.41. The molecule has 2 N–H and O–H groups in total. The van der Waals surface area contributed by atoms with Crippen LogP contribution in [-0.4, -0.2) is 64.3 Å². The SMILES string of the molecule is COc1cc(F)cc(C(=O)NCC2CCN(CCNS(=O)(=O)C3CC3)CC2)c1. The van der Waals surface area contributed by atoms with Gasteiger partial charge in [0.15, 0.2) is 0 Å². The number of nitrogens with zero attached hydrogens (tertiary/aromatic N) is 1. The smallest absolute Gasteiger partial charge is 0.251 e. The van der Waals surface area contributed by atoms with E-state index in [0.29, 0.717) is 31.3 Å². The highest BCUT2D eigenvalue weighted by molar-refractivity contribution is 7.90. The Balaban J connectivity index is 1.36. The van der Waals surface area contributed by atoms with Gasteiger partial charge in [-0.05, 0) is 56.8 Å². The molecule has 1 aliphatic carbocycles. The average Bonchev–Trinajstić information content (AvgIpc) is 3.52. The molecule has 0 spiro atoms. The van der Waals surface area contributed by atoms with Crippen LogP contribution in [0.5, 0.6) is 5.75 Å². The highest BCUT2D eigenvalue weighted by atomic mass is 32.2. The van der Waals surface area contributed by atoms with Crippen LogP contribution in [0.1, 0.15) is 36.0 Å². The summed E-state index contributed by atoms with van der Waals surface area (Å²) < 4.78 is 44.8. The second-order valence-electron chi connectivity index (χ2n) is 7.51. The highest BCUT2D eigenvalue weighted by Crippen LogP contribution is 2.27. The first-order chi connectivity index (χ1) is 13.4. The monoisotopic (exact) mass is 413 g/mol. The topological polar surface area (TPSA) is 87.7 Å². The van der Waals surface area contributed by atoms with Crippen LogP contribution in [0.25, 0.3) is 0 Å². The summed E-state index contributed by atoms with van der Waals surface area (Å²) in [7, 11) is -1.68. The van der Waals surface area contributed by atoms with Crippen molar-refractivity contribution < 1.29 is 22.3 Å². The summed E-state index contributed by atoms with van der Waals surface area (Å²) in [6.45, 7) is 3.44. The van der Waals surface area contributed by atoms with Crippen molar-refractivity contribution in [1.29, 1.82) is 0 Å². The van der Waals surface area contributed by atoms with E-state index in [9.17, 15) is 17.6 Å². The minimum absolute atomic E-state index is 0.181. The minimum atomic E-state index is -3.11. The summed E-state index contributed by atoms with van der Waals surface area (Å²) in [6.07, 6.45) is 3.41. The number of likely N-dealkylation sites (tertiary alicyclic amines) is 1. The van der Waals surface area contributed by atoms with Crippen molar-refractivity contribution in [2.45, 2.75) is 30.9 Å². The Morgan fingerprint density at radius 1 is 1.21 bits per heavy atom. The Labute approximate surface area is 165 Å². The van der Waals surface area contributed by atoms with E-state index >= 15 is 0 Å². The predicted octanol–water partition coefficient (Wildman–Crippen LogP) is 1.36. The molecule has 0 unspecified atom stereocenters. The van der Waals surface area contributed by atoms with Crippen LogP contribution in [0.3, 0.4) is 0 Å². The maximum Gasteiger partial charge on any atom is 0.251 e. The van der Waals surface area contributed by atoms with Crippen molar-refractivity contribution in [2.24, 2.45) is 5.92 Å². The van der Waals surface area contributed by atoms with E-state index in [2.05, 4.69) is 14.9 Å². The predicted molar refractivity (Wildman–Crippen MR) is 104 cm³/mol. The largest absolute Gasteiger partial charge is 0.497 e. The van der Waals surface area contributed by atoms with Gasteiger partial charge in [0.05, 0.1) is 12.4 Å². The lowest BCUT2D eigenvalue weighted by Gasteiger charge is -2.32. The number of amides is 1. The van der Waals surface area contributed by atoms with Crippen molar-refractivity contribution in [3.63, 3.8) is 0 Å². The molecule has 2 aliphatic rings. The van der Waals surface area contributed by atoms with E-state index in [4.69, 9.17) is 4.74 Å². The number of piperidine rings is 1. The van der Waals surface area contributed by atoms with E-state index in [1.165, 1.54) is 25.3 Å². The Hall–Kier alpha value is -1.71. The van der Waals surface area contributed by atoms with Crippen LogP contribution in [0, 0.1) is 11.7 Å². The van der Waals surface area contributed by atoms with Crippen molar-refractivity contribution in [3.05, 3.63) is 29.6 Å². The molecule has 1 aromatic rings. The van der Waals surface area contributed by atoms with E-state index in [1.54, 1.807) is 0 Å². The van der Waals surface area contributed by atoms with Crippen molar-refractivity contribution in [3.8, 4) is 5.75 Å². The van der Waals surface area contributed by atoms with Gasteiger partial charge in [-0.15, -0.1) is 0 Å². The number of halogens is 1. The summed E-state index contributed by atoms with van der Waals surface area (Å²) in [6, 6.07) is 3.95. The first kappa shape index (κ1) is 21.0. The number of carbonyl (C=O) groups is 1. The number of hydrogen-bond donors (Lipinski definition) is 2. The van der Waals surface area contributed by atoms with E-state index < -0.39 is 15.8 Å². The molecular formula is C19H28FN3O4S. The highest BCUT2D eigenvalue weighted by Gasteiger charge is 2.35. The Morgan fingerprint density at radius 3 is 2.57 bits per heavy atom. The van der Waals surface area contributed by atoms with Gasteiger partial charge in [0.2, 0.25) is 10.0 Å². The molecule has 1 saturated heterocycles. The Morgan fingerprint density at radius 2 is 1.93 bits per heavy atom. The molecule has 1 heterocycles. The second-order valence-corrected chi connectivity index (χ2v) is 9.56. The number of ether oxygens (including phenoxy) is 1. The van der Waals surface area contributed by atoms with Crippen LogP contribution in [0.15, 0.2) is 18.2 Å². The molecule has 2 fully saturated rings. The Kier molecular flexibility index (Phi) is 6.90. The van der Waals surface area contributed by atoms with Crippen molar-refractivity contribution >= 4 is 15.9 Å². The summed E-state index contributed by atoms with van der Waals surface area (Å²) in [5, 5.41) is 2.69. The summed E-state index contributed by atoms with van der Waals surface area (Å²) in [5.74, 6) is -0.139. The lowest BCUT2D eigenvalue weighted by atomic mass is 9.96. The van der Waals surface area contributed by atoms with Gasteiger partial charge < -0.3 is 15.0 Å². The fraction of sp³-hybridized carbons (Fsp3) is 0.632. The molecular weight excluding hydrogens is 385 g/mol. The summed E-state index contributed by atoms with van der Waals surface area (Å²) in [4.78, 5) is 14.5. The van der Waals surface area contributed by atoms with E-state index in [0.717, 1.165) is 38.8 Å². The van der Waals surface area contributed by atoms with Crippen molar-refractivity contribution in [1.82, 2.24) is 14.9 Å². The van der Waals surface area contributed by atoms with Crippen LogP contribution in [0.4, 0.5) is 4.39 Å². The third-order valence-corrected chi connectivity index (χ3v) is 7.28. The van der Waals surface area contributed by atoms with Crippen LogP contribution < -0.4 is 14.8 Å². The average molecular weight is 414 g/mol. The van der Waals surface area contributed by atoms with Crippen molar-refractivity contribution in [2.75, 3.05) is 39.8 Å². The number of nitrogens with one attached hydrogen (secondary N) is 2. The first-order valence-corrected chi connectivity index (χ1v) is 11.3. The maximum atomic E-state index is 13.5. The quantitative estimate of drug-likeness (QED) is 0.638. The fourth-order valence-corrected chi connectivity index (χ4v) is 4.78. The Bertz CT molecular complexity index is 790. The van der Waals surface area contributed by atoms with Gasteiger partial charge in [0, 0.05) is 31.3 Å². The normalized spacial score (nSPS) is 18.8. The molecule has 1 aliphatic heterocycles. The molecule has 3 rings (SSSR count). The van der Waals surface area contributed by atoms with Gasteiger partial charge in [-0.25, -0.2) is 17.5 Å². The zero-order valence-corrected chi connectivity index (χ0v) is 16.9. The lowest BCUT2D eigenvalue weighted by molar-refractivity contribution is 0.0935. The van der Waals surface area contributed by atoms with Crippen LogP contribution in [0.2, 0.25) is 0 Å². The van der Waals surface area contributed by atoms with Crippen LogP contribution >= 0.6 is 0 Å². The number of rotatable bonds is 9. The van der Waals surface area contributed by atoms with E-state index in [1.807, 2.05) is 0 Å². The van der Waals surface area contributed by atoms with Gasteiger partial charge in [-0.2, -0.15) is 0 Å². The number of benzene rings is 1. The van der Waals surface area contributed by atoms with Gasteiger partial charge in [0.1, 0.15) is 11.6 Å². The number of sulfonamides is 1. The van der Waals surface area contributed by atoms with Gasteiger partial charge >= 0.3 is 0 Å². The molecule has 0 atom stereocenters. The zero-order valence-electron chi connectivity index (χ0n) is 16.1. The lowest BCUT2D eigenvalue weighted by Crippen LogP contribution is -2.42. The van der Waals surface area contributed by atoms with E-state index in [-0.39, 0.29) is 16.7 Å². The minimum Gasteiger partial charge on any atom is -0.497 e. The molecule has 9 heteroatoms. The van der Waals surface area contributed by atoms with Gasteiger partial charge in [0.25, 0.3) is 5.91 Å². The number of hydrogen-bond acceptors (Lipinski definition) is 5. The summed E-state index contributed by atoms with van der Waals surface area (Å²) >= 11 is 0. The molecule has 1 aromatic carbocycles.